The van der Waals surface area contributed by atoms with Crippen molar-refractivity contribution in [2.45, 2.75) is 43.2 Å². The third kappa shape index (κ3) is 4.88. The Kier molecular flexibility index (Phi) is 7.88. The molecule has 3 heteroatoms. The maximum Gasteiger partial charge on any atom is -1.00 e. The predicted molar refractivity (Wildman–Crippen MR) is 37.2 cm³/mol. The molecule has 10 heavy (non-hydrogen) atoms. The Bertz CT molecular complexity index is 75.7. The van der Waals surface area contributed by atoms with E-state index in [0.29, 0.717) is 4.20 Å². The summed E-state index contributed by atoms with van der Waals surface area (Å²) in [6, 6.07) is 0. The van der Waals surface area contributed by atoms with Gasteiger partial charge in [0.15, 0.2) is 0 Å². The van der Waals surface area contributed by atoms with E-state index >= 15 is 0 Å². The van der Waals surface area contributed by atoms with Gasteiger partial charge in [-0.3, -0.25) is 0 Å². The first-order chi connectivity index (χ1) is 3.71. The summed E-state index contributed by atoms with van der Waals surface area (Å²) < 4.78 is 0.616. The molecule has 0 aliphatic heterocycles. The van der Waals surface area contributed by atoms with Crippen LogP contribution in [0.25, 0.3) is 0 Å². The van der Waals surface area contributed by atoms with Gasteiger partial charge in [0.1, 0.15) is 0 Å². The number of halogens is 2. The summed E-state index contributed by atoms with van der Waals surface area (Å²) >= 11 is 2.82. The Morgan fingerprint density at radius 3 is 1.60 bits per heavy atom. The molecule has 0 spiro atoms. The molecule has 0 saturated heterocycles. The fraction of sp³-hybridized carbons (Fsp3) is 1.00. The van der Waals surface area contributed by atoms with Gasteiger partial charge in [0.25, 0.3) is 0 Å². The second-order valence-electron chi connectivity index (χ2n) is 3.06. The second-order valence-corrected chi connectivity index (χ2v) is 5.32. The van der Waals surface area contributed by atoms with Gasteiger partial charge in [0.2, 0.25) is 0 Å². The van der Waals surface area contributed by atoms with Gasteiger partial charge in [-0.2, -0.15) is 0 Å². The van der Waals surface area contributed by atoms with Crippen LogP contribution in [0.5, 0.6) is 0 Å². The molecule has 0 aromatic rings. The first-order valence-electron chi connectivity index (χ1n) is 3.43. The van der Waals surface area contributed by atoms with Crippen LogP contribution in [0.4, 0.5) is 0 Å². The van der Waals surface area contributed by atoms with E-state index in [-0.39, 0.29) is 24.8 Å². The number of hydrogen-bond donors (Lipinski definition) is 0. The first kappa shape index (κ1) is 13.7. The maximum absolute atomic E-state index is 2.82. The van der Waals surface area contributed by atoms with Crippen molar-refractivity contribution in [3.63, 3.8) is 0 Å². The Labute approximate surface area is 84.8 Å². The van der Waals surface area contributed by atoms with Gasteiger partial charge in [0.05, 0.1) is 0 Å². The van der Waals surface area contributed by atoms with Crippen LogP contribution in [-0.2, 0) is 0 Å². The van der Waals surface area contributed by atoms with Gasteiger partial charge < -0.3 is 24.8 Å². The zero-order valence-electron chi connectivity index (χ0n) is 6.24. The summed E-state index contributed by atoms with van der Waals surface area (Å²) in [5.41, 5.74) is 0. The fourth-order valence-electron chi connectivity index (χ4n) is 1.31. The summed E-state index contributed by atoms with van der Waals surface area (Å²) in [4.78, 5) is 0. The minimum atomic E-state index is 0. The van der Waals surface area contributed by atoms with E-state index < -0.39 is 0 Å². The molecule has 0 unspecified atom stereocenters. The van der Waals surface area contributed by atoms with E-state index in [1.807, 2.05) is 0 Å². The van der Waals surface area contributed by atoms with Crippen LogP contribution >= 0.6 is 0 Å². The molecule has 1 aliphatic carbocycles. The van der Waals surface area contributed by atoms with Crippen molar-refractivity contribution >= 4 is 16.9 Å². The van der Waals surface area contributed by atoms with E-state index in [4.69, 9.17) is 0 Å². The van der Waals surface area contributed by atoms with Gasteiger partial charge in [-0.15, -0.1) is 0 Å². The molecule has 62 valence electrons. The van der Waals surface area contributed by atoms with Crippen LogP contribution in [0.3, 0.4) is 0 Å². The standard InChI is InChI=1S/C7H13As.2ClH/c1-7(8)5-3-2-4-6-7;;/h2-6H2,1H3;2*1H/p-2. The van der Waals surface area contributed by atoms with Crippen molar-refractivity contribution in [2.24, 2.45) is 0 Å². The van der Waals surface area contributed by atoms with Gasteiger partial charge in [-0.1, -0.05) is 0 Å². The van der Waals surface area contributed by atoms with E-state index in [1.54, 1.807) is 0 Å². The summed E-state index contributed by atoms with van der Waals surface area (Å²) in [5, 5.41) is 0. The fourth-order valence-corrected chi connectivity index (χ4v) is 1.98. The summed E-state index contributed by atoms with van der Waals surface area (Å²) in [7, 11) is 0. The van der Waals surface area contributed by atoms with Gasteiger partial charge in [0, 0.05) is 0 Å². The van der Waals surface area contributed by atoms with E-state index in [0.717, 1.165) is 0 Å². The number of rotatable bonds is 0. The monoisotopic (exact) mass is 242 g/mol. The van der Waals surface area contributed by atoms with Crippen molar-refractivity contribution in [3.05, 3.63) is 0 Å². The van der Waals surface area contributed by atoms with E-state index in [2.05, 4.69) is 23.8 Å². The Morgan fingerprint density at radius 1 is 1.00 bits per heavy atom. The van der Waals surface area contributed by atoms with Gasteiger partial charge in [-0.05, 0) is 0 Å². The summed E-state index contributed by atoms with van der Waals surface area (Å²) in [6.07, 6.45) is 7.21. The smallest absolute Gasteiger partial charge is 1.00 e. The third-order valence-corrected chi connectivity index (χ3v) is 2.87. The molecule has 1 fully saturated rings. The molecule has 0 aromatic heterocycles. The molecule has 0 N–H and O–H groups in total. The van der Waals surface area contributed by atoms with Crippen molar-refractivity contribution < 1.29 is 24.8 Å². The first-order valence-corrected chi connectivity index (χ1v) is 4.37. The molecular weight excluding hydrogens is 230 g/mol. The van der Waals surface area contributed by atoms with Crippen LogP contribution in [0.1, 0.15) is 39.0 Å². The molecule has 1 aliphatic rings. The summed E-state index contributed by atoms with van der Waals surface area (Å²) in [5.74, 6) is 0. The van der Waals surface area contributed by atoms with Crippen LogP contribution < -0.4 is 24.8 Å². The average molecular weight is 243 g/mol. The minimum Gasteiger partial charge on any atom is -1.00 e. The van der Waals surface area contributed by atoms with E-state index in [9.17, 15) is 0 Å². The van der Waals surface area contributed by atoms with Gasteiger partial charge in [-0.25, -0.2) is 0 Å². The molecule has 1 saturated carbocycles. The normalized spacial score (nSPS) is 22.2. The maximum atomic E-state index is 2.82. The summed E-state index contributed by atoms with van der Waals surface area (Å²) in [6.45, 7) is 2.35. The molecule has 0 amide bonds. The minimum absolute atomic E-state index is 0. The van der Waals surface area contributed by atoms with Crippen molar-refractivity contribution in [1.82, 2.24) is 0 Å². The number of hydrogen-bond acceptors (Lipinski definition) is 0. The second kappa shape index (κ2) is 5.75. The van der Waals surface area contributed by atoms with Crippen molar-refractivity contribution in [3.8, 4) is 0 Å². The average Bonchev–Trinajstić information content (AvgIpc) is 1.65. The molecule has 0 nitrogen and oxygen atoms in total. The zero-order valence-corrected chi connectivity index (χ0v) is 9.63. The molecule has 0 bridgehead atoms. The van der Waals surface area contributed by atoms with Crippen molar-refractivity contribution in [2.75, 3.05) is 0 Å². The van der Waals surface area contributed by atoms with Crippen LogP contribution in [0, 0.1) is 0 Å². The molecule has 0 atom stereocenters. The molecule has 1 rings (SSSR count). The largest absolute Gasteiger partial charge is 1.00 e. The molecule has 0 aromatic carbocycles. The SMILES string of the molecule is CC1([As])CCCCC1.[Cl-].[Cl-]. The Morgan fingerprint density at radius 2 is 1.40 bits per heavy atom. The van der Waals surface area contributed by atoms with Crippen LogP contribution in [-0.4, -0.2) is 16.9 Å². The van der Waals surface area contributed by atoms with Crippen molar-refractivity contribution in [1.29, 1.82) is 0 Å². The molecular formula is C7H13AsCl2-2. The van der Waals surface area contributed by atoms with Crippen LogP contribution in [0.2, 0.25) is 4.20 Å². The van der Waals surface area contributed by atoms with Crippen LogP contribution in [0.15, 0.2) is 0 Å². The third-order valence-electron chi connectivity index (χ3n) is 1.93. The van der Waals surface area contributed by atoms with E-state index in [1.165, 1.54) is 32.1 Å². The zero-order chi connectivity index (χ0) is 6.04. The van der Waals surface area contributed by atoms with Gasteiger partial charge >= 0.3 is 60.1 Å². The predicted octanol–water partition coefficient (Wildman–Crippen LogP) is -3.69. The molecule has 2 radical (unpaired) electrons. The Hall–Kier alpha value is 1.14. The Balaban J connectivity index is 0. The molecule has 0 heterocycles. The topological polar surface area (TPSA) is 0 Å². The quantitative estimate of drug-likeness (QED) is 0.384.